The van der Waals surface area contributed by atoms with Gasteiger partial charge in [0, 0.05) is 11.3 Å². The number of hydrogen-bond acceptors (Lipinski definition) is 4. The predicted octanol–water partition coefficient (Wildman–Crippen LogP) is 2.76. The van der Waals surface area contributed by atoms with E-state index in [-0.39, 0.29) is 21.9 Å². The Morgan fingerprint density at radius 3 is 2.32 bits per heavy atom. The van der Waals surface area contributed by atoms with Gasteiger partial charge in [0.05, 0.1) is 4.90 Å². The number of sulfonamides is 1. The van der Waals surface area contributed by atoms with E-state index in [4.69, 9.17) is 0 Å². The zero-order chi connectivity index (χ0) is 18.6. The van der Waals surface area contributed by atoms with Crippen LogP contribution in [0.1, 0.15) is 15.9 Å². The van der Waals surface area contributed by atoms with Gasteiger partial charge in [-0.15, -0.1) is 0 Å². The number of rotatable bonds is 6. The van der Waals surface area contributed by atoms with Crippen LogP contribution in [0.3, 0.4) is 0 Å². The van der Waals surface area contributed by atoms with Crippen LogP contribution in [0.15, 0.2) is 47.4 Å². The van der Waals surface area contributed by atoms with Crippen LogP contribution in [0.5, 0.6) is 5.75 Å². The molecule has 0 heterocycles. The maximum absolute atomic E-state index is 12.2. The first-order valence-corrected chi connectivity index (χ1v) is 8.61. The highest BCUT2D eigenvalue weighted by Crippen LogP contribution is 2.21. The molecule has 25 heavy (non-hydrogen) atoms. The van der Waals surface area contributed by atoms with Gasteiger partial charge in [0.1, 0.15) is 5.75 Å². The summed E-state index contributed by atoms with van der Waals surface area (Å²) in [6, 6.07) is 9.61. The molecule has 0 saturated carbocycles. The summed E-state index contributed by atoms with van der Waals surface area (Å²) >= 11 is 0. The molecule has 0 unspecified atom stereocenters. The van der Waals surface area contributed by atoms with Gasteiger partial charge in [-0.05, 0) is 55.9 Å². The fourth-order valence-electron chi connectivity index (χ4n) is 2.07. The third kappa shape index (κ3) is 4.74. The number of alkyl halides is 2. The summed E-state index contributed by atoms with van der Waals surface area (Å²) in [6.07, 6.45) is 0. The van der Waals surface area contributed by atoms with Crippen molar-refractivity contribution >= 4 is 21.6 Å². The minimum atomic E-state index is -3.66. The number of carbonyl (C=O) groups is 1. The van der Waals surface area contributed by atoms with Crippen LogP contribution in [-0.2, 0) is 10.0 Å². The standard InChI is InChI=1S/C16H16F2N2O4S/c1-10-3-6-12(9-14(10)25(22,23)19-2)20-15(21)11-4-7-13(8-5-11)24-16(17)18/h3-9,16,19H,1-2H3,(H,20,21). The highest BCUT2D eigenvalue weighted by Gasteiger charge is 2.16. The Hall–Kier alpha value is -2.52. The summed E-state index contributed by atoms with van der Waals surface area (Å²) < 4.78 is 54.6. The second-order valence-corrected chi connectivity index (χ2v) is 6.90. The van der Waals surface area contributed by atoms with Gasteiger partial charge in [-0.1, -0.05) is 6.07 Å². The van der Waals surface area contributed by atoms with Crippen LogP contribution in [0, 0.1) is 6.92 Å². The molecular weight excluding hydrogens is 354 g/mol. The van der Waals surface area contributed by atoms with Gasteiger partial charge in [0.2, 0.25) is 10.0 Å². The van der Waals surface area contributed by atoms with E-state index in [1.165, 1.54) is 37.4 Å². The average Bonchev–Trinajstić information content (AvgIpc) is 2.56. The molecule has 9 heteroatoms. The van der Waals surface area contributed by atoms with Gasteiger partial charge in [-0.3, -0.25) is 4.79 Å². The van der Waals surface area contributed by atoms with Crippen molar-refractivity contribution in [3.05, 3.63) is 53.6 Å². The fraction of sp³-hybridized carbons (Fsp3) is 0.188. The zero-order valence-electron chi connectivity index (χ0n) is 13.4. The number of carbonyl (C=O) groups excluding carboxylic acids is 1. The van der Waals surface area contributed by atoms with Gasteiger partial charge < -0.3 is 10.1 Å². The summed E-state index contributed by atoms with van der Waals surface area (Å²) in [5.41, 5.74) is 1.03. The Bertz CT molecular complexity index is 868. The predicted molar refractivity (Wildman–Crippen MR) is 88.5 cm³/mol. The van der Waals surface area contributed by atoms with Crippen molar-refractivity contribution in [2.75, 3.05) is 12.4 Å². The third-order valence-corrected chi connectivity index (χ3v) is 4.90. The number of halogens is 2. The normalized spacial score (nSPS) is 11.4. The average molecular weight is 370 g/mol. The molecule has 2 rings (SSSR count). The molecule has 0 radical (unpaired) electrons. The smallest absolute Gasteiger partial charge is 0.387 e. The molecular formula is C16H16F2N2O4S. The van der Waals surface area contributed by atoms with E-state index < -0.39 is 22.5 Å². The lowest BCUT2D eigenvalue weighted by atomic mass is 10.2. The number of ether oxygens (including phenoxy) is 1. The molecule has 0 aliphatic heterocycles. The lowest BCUT2D eigenvalue weighted by Crippen LogP contribution is -2.20. The molecule has 0 saturated heterocycles. The van der Waals surface area contributed by atoms with E-state index in [1.807, 2.05) is 0 Å². The van der Waals surface area contributed by atoms with E-state index in [1.54, 1.807) is 19.1 Å². The summed E-state index contributed by atoms with van der Waals surface area (Å²) in [7, 11) is -2.36. The summed E-state index contributed by atoms with van der Waals surface area (Å²) in [5, 5.41) is 2.56. The molecule has 2 aromatic rings. The van der Waals surface area contributed by atoms with Crippen LogP contribution in [0.2, 0.25) is 0 Å². The molecule has 0 spiro atoms. The van der Waals surface area contributed by atoms with Crippen molar-refractivity contribution in [3.63, 3.8) is 0 Å². The maximum Gasteiger partial charge on any atom is 0.387 e. The Kier molecular flexibility index (Phi) is 5.70. The van der Waals surface area contributed by atoms with Gasteiger partial charge >= 0.3 is 6.61 Å². The SMILES string of the molecule is CNS(=O)(=O)c1cc(NC(=O)c2ccc(OC(F)F)cc2)ccc1C. The fourth-order valence-corrected chi connectivity index (χ4v) is 3.06. The Labute approximate surface area is 143 Å². The van der Waals surface area contributed by atoms with E-state index in [0.717, 1.165) is 0 Å². The zero-order valence-corrected chi connectivity index (χ0v) is 14.2. The number of amides is 1. The summed E-state index contributed by atoms with van der Waals surface area (Å²) in [6.45, 7) is -1.31. The van der Waals surface area contributed by atoms with Crippen molar-refractivity contribution in [1.29, 1.82) is 0 Å². The monoisotopic (exact) mass is 370 g/mol. The van der Waals surface area contributed by atoms with Crippen LogP contribution in [0.25, 0.3) is 0 Å². The molecule has 2 aromatic carbocycles. The summed E-state index contributed by atoms with van der Waals surface area (Å²) in [4.78, 5) is 12.2. The van der Waals surface area contributed by atoms with E-state index >= 15 is 0 Å². The lowest BCUT2D eigenvalue weighted by molar-refractivity contribution is -0.0498. The molecule has 0 aliphatic carbocycles. The first-order chi connectivity index (χ1) is 11.7. The van der Waals surface area contributed by atoms with Crippen molar-refractivity contribution in [2.24, 2.45) is 0 Å². The van der Waals surface area contributed by atoms with E-state index in [0.29, 0.717) is 5.56 Å². The van der Waals surface area contributed by atoms with Gasteiger partial charge in [-0.2, -0.15) is 8.78 Å². The van der Waals surface area contributed by atoms with Gasteiger partial charge in [-0.25, -0.2) is 13.1 Å². The Morgan fingerprint density at radius 2 is 1.76 bits per heavy atom. The van der Waals surface area contributed by atoms with Crippen LogP contribution in [-0.4, -0.2) is 28.0 Å². The first-order valence-electron chi connectivity index (χ1n) is 7.13. The topological polar surface area (TPSA) is 84.5 Å². The number of anilines is 1. The molecule has 0 fully saturated rings. The lowest BCUT2D eigenvalue weighted by Gasteiger charge is -2.11. The Balaban J connectivity index is 2.19. The van der Waals surface area contributed by atoms with Crippen molar-refractivity contribution in [1.82, 2.24) is 4.72 Å². The molecule has 1 amide bonds. The molecule has 0 aliphatic rings. The largest absolute Gasteiger partial charge is 0.435 e. The molecule has 6 nitrogen and oxygen atoms in total. The minimum Gasteiger partial charge on any atom is -0.435 e. The highest BCUT2D eigenvalue weighted by atomic mass is 32.2. The second kappa shape index (κ2) is 7.58. The number of benzene rings is 2. The van der Waals surface area contributed by atoms with E-state index in [2.05, 4.69) is 14.8 Å². The van der Waals surface area contributed by atoms with Crippen molar-refractivity contribution in [2.45, 2.75) is 18.4 Å². The van der Waals surface area contributed by atoms with Gasteiger partial charge in [0.15, 0.2) is 0 Å². The van der Waals surface area contributed by atoms with Gasteiger partial charge in [0.25, 0.3) is 5.91 Å². The second-order valence-electron chi connectivity index (χ2n) is 5.04. The number of aryl methyl sites for hydroxylation is 1. The van der Waals surface area contributed by atoms with Crippen LogP contribution in [0.4, 0.5) is 14.5 Å². The summed E-state index contributed by atoms with van der Waals surface area (Å²) in [5.74, 6) is -0.579. The Morgan fingerprint density at radius 1 is 1.12 bits per heavy atom. The van der Waals surface area contributed by atoms with E-state index in [9.17, 15) is 22.0 Å². The maximum atomic E-state index is 12.2. The van der Waals surface area contributed by atoms with Crippen LogP contribution < -0.4 is 14.8 Å². The highest BCUT2D eigenvalue weighted by molar-refractivity contribution is 7.89. The first kappa shape index (κ1) is 18.8. The quantitative estimate of drug-likeness (QED) is 0.819. The molecule has 0 bridgehead atoms. The molecule has 2 N–H and O–H groups in total. The number of hydrogen-bond donors (Lipinski definition) is 2. The molecule has 0 aromatic heterocycles. The minimum absolute atomic E-state index is 0.0495. The third-order valence-electron chi connectivity index (χ3n) is 3.35. The number of nitrogens with one attached hydrogen (secondary N) is 2. The van der Waals surface area contributed by atoms with Crippen molar-refractivity contribution < 1.29 is 26.7 Å². The van der Waals surface area contributed by atoms with Crippen LogP contribution >= 0.6 is 0 Å². The molecule has 134 valence electrons. The molecule has 0 atom stereocenters. The van der Waals surface area contributed by atoms with Crippen molar-refractivity contribution in [3.8, 4) is 5.75 Å².